The summed E-state index contributed by atoms with van der Waals surface area (Å²) < 4.78 is 16.5. The lowest BCUT2D eigenvalue weighted by atomic mass is 10.1. The number of nitrogens with two attached hydrogens (primary N) is 1. The van der Waals surface area contributed by atoms with E-state index in [1.807, 2.05) is 18.2 Å². The highest BCUT2D eigenvalue weighted by Gasteiger charge is 2.16. The second-order valence-electron chi connectivity index (χ2n) is 4.64. The van der Waals surface area contributed by atoms with Crippen LogP contribution in [-0.4, -0.2) is 51.9 Å². The number of benzene rings is 1. The fraction of sp³-hybridized carbons (Fsp3) is 0.462. The first-order chi connectivity index (χ1) is 9.63. The van der Waals surface area contributed by atoms with Crippen molar-refractivity contribution in [1.29, 1.82) is 0 Å². The fourth-order valence-corrected chi connectivity index (χ4v) is 3.33. The highest BCUT2D eigenvalue weighted by Crippen LogP contribution is 2.21. The summed E-state index contributed by atoms with van der Waals surface area (Å²) in [6, 6.07) is 5.63. The van der Waals surface area contributed by atoms with Gasteiger partial charge in [0.15, 0.2) is 5.84 Å². The van der Waals surface area contributed by atoms with E-state index in [1.54, 1.807) is 7.11 Å². The molecular weight excluding hydrogens is 278 g/mol. The normalized spacial score (nSPS) is 18.1. The number of oxime groups is 1. The molecule has 0 aliphatic carbocycles. The summed E-state index contributed by atoms with van der Waals surface area (Å²) in [5.41, 5.74) is 7.29. The molecule has 2 rings (SSSR count). The minimum absolute atomic E-state index is 0.0310. The van der Waals surface area contributed by atoms with Crippen molar-refractivity contribution in [3.05, 3.63) is 29.3 Å². The summed E-state index contributed by atoms with van der Waals surface area (Å²) in [5, 5.41) is 11.8. The second-order valence-corrected chi connectivity index (χ2v) is 6.34. The lowest BCUT2D eigenvalue weighted by molar-refractivity contribution is 0.291. The number of ether oxygens (including phenoxy) is 1. The lowest BCUT2D eigenvalue weighted by Crippen LogP contribution is -2.37. The third-order valence-corrected chi connectivity index (χ3v) is 4.60. The Balaban J connectivity index is 2.14. The zero-order valence-corrected chi connectivity index (χ0v) is 12.2. The summed E-state index contributed by atoms with van der Waals surface area (Å²) in [4.78, 5) is 2.25. The molecule has 6 nitrogen and oxygen atoms in total. The Labute approximate surface area is 120 Å². The van der Waals surface area contributed by atoms with Crippen LogP contribution in [0.3, 0.4) is 0 Å². The molecule has 0 spiro atoms. The van der Waals surface area contributed by atoms with Crippen molar-refractivity contribution in [2.24, 2.45) is 10.9 Å². The third kappa shape index (κ3) is 3.49. The van der Waals surface area contributed by atoms with Gasteiger partial charge in [-0.15, -0.1) is 0 Å². The quantitative estimate of drug-likeness (QED) is 0.362. The molecule has 1 aliphatic rings. The molecule has 1 aromatic carbocycles. The maximum absolute atomic E-state index is 11.3. The zero-order chi connectivity index (χ0) is 14.5. The van der Waals surface area contributed by atoms with E-state index in [0.717, 1.165) is 36.7 Å². The molecule has 1 saturated heterocycles. The molecule has 0 atom stereocenters. The Bertz CT molecular complexity index is 524. The Morgan fingerprint density at radius 3 is 2.80 bits per heavy atom. The number of rotatable bonds is 4. The molecule has 0 saturated carbocycles. The molecule has 0 unspecified atom stereocenters. The molecule has 20 heavy (non-hydrogen) atoms. The van der Waals surface area contributed by atoms with Crippen molar-refractivity contribution >= 4 is 16.6 Å². The topological polar surface area (TPSA) is 88.2 Å². The number of amidine groups is 1. The summed E-state index contributed by atoms with van der Waals surface area (Å²) in [6.07, 6.45) is 0. The molecule has 110 valence electrons. The van der Waals surface area contributed by atoms with Gasteiger partial charge in [-0.2, -0.15) is 0 Å². The molecule has 0 aromatic heterocycles. The number of hydrogen-bond acceptors (Lipinski definition) is 5. The fourth-order valence-electron chi connectivity index (χ4n) is 2.20. The first-order valence-electron chi connectivity index (χ1n) is 6.36. The van der Waals surface area contributed by atoms with E-state index in [4.69, 9.17) is 15.7 Å². The summed E-state index contributed by atoms with van der Waals surface area (Å²) in [6.45, 7) is 2.42. The smallest absolute Gasteiger partial charge is 0.173 e. The Morgan fingerprint density at radius 2 is 2.20 bits per heavy atom. The predicted octanol–water partition coefficient (Wildman–Crippen LogP) is 0.354. The minimum Gasteiger partial charge on any atom is -0.496 e. The maximum Gasteiger partial charge on any atom is 0.173 e. The SMILES string of the molecule is COc1ccc(CN2CCS(=O)CC2)cc1C(N)=NO. The molecule has 1 heterocycles. The van der Waals surface area contributed by atoms with Crippen LogP contribution in [0.2, 0.25) is 0 Å². The molecule has 1 aliphatic heterocycles. The molecule has 3 N–H and O–H groups in total. The standard InChI is InChI=1S/C13H19N3O3S/c1-19-12-3-2-10(8-11(12)13(14)15-17)9-16-4-6-20(18)7-5-16/h2-3,8,17H,4-7,9H2,1H3,(H2,14,15). The molecule has 7 heteroatoms. The Hall–Kier alpha value is -1.60. The average Bonchev–Trinajstić information content (AvgIpc) is 2.48. The first kappa shape index (κ1) is 14.8. The van der Waals surface area contributed by atoms with Crippen LogP contribution in [-0.2, 0) is 17.3 Å². The van der Waals surface area contributed by atoms with Crippen molar-refractivity contribution in [1.82, 2.24) is 4.90 Å². The highest BCUT2D eigenvalue weighted by atomic mass is 32.2. The van der Waals surface area contributed by atoms with Crippen LogP contribution in [0, 0.1) is 0 Å². The van der Waals surface area contributed by atoms with Crippen molar-refractivity contribution in [2.75, 3.05) is 31.7 Å². The van der Waals surface area contributed by atoms with Gasteiger partial charge in [0.2, 0.25) is 0 Å². The molecule has 0 amide bonds. The van der Waals surface area contributed by atoms with Gasteiger partial charge in [-0.05, 0) is 17.7 Å². The van der Waals surface area contributed by atoms with Gasteiger partial charge in [0.25, 0.3) is 0 Å². The average molecular weight is 297 g/mol. The van der Waals surface area contributed by atoms with Crippen LogP contribution < -0.4 is 10.5 Å². The molecule has 1 aromatic rings. The summed E-state index contributed by atoms with van der Waals surface area (Å²) in [5.74, 6) is 2.05. The van der Waals surface area contributed by atoms with Crippen LogP contribution in [0.25, 0.3) is 0 Å². The maximum atomic E-state index is 11.3. The van der Waals surface area contributed by atoms with Crippen molar-refractivity contribution in [3.8, 4) is 5.75 Å². The van der Waals surface area contributed by atoms with Crippen LogP contribution >= 0.6 is 0 Å². The van der Waals surface area contributed by atoms with E-state index < -0.39 is 10.8 Å². The van der Waals surface area contributed by atoms with Crippen LogP contribution in [0.4, 0.5) is 0 Å². The number of nitrogens with zero attached hydrogens (tertiary/aromatic N) is 2. The number of hydrogen-bond donors (Lipinski definition) is 2. The predicted molar refractivity (Wildman–Crippen MR) is 78.7 cm³/mol. The third-order valence-electron chi connectivity index (χ3n) is 3.32. The van der Waals surface area contributed by atoms with Gasteiger partial charge >= 0.3 is 0 Å². The van der Waals surface area contributed by atoms with Crippen molar-refractivity contribution < 1.29 is 14.2 Å². The van der Waals surface area contributed by atoms with E-state index >= 15 is 0 Å². The second kappa shape index (κ2) is 6.71. The lowest BCUT2D eigenvalue weighted by Gasteiger charge is -2.26. The van der Waals surface area contributed by atoms with E-state index in [0.29, 0.717) is 11.3 Å². The van der Waals surface area contributed by atoms with Crippen LogP contribution in [0.1, 0.15) is 11.1 Å². The summed E-state index contributed by atoms with van der Waals surface area (Å²) >= 11 is 0. The van der Waals surface area contributed by atoms with Crippen molar-refractivity contribution in [3.63, 3.8) is 0 Å². The molecule has 1 fully saturated rings. The minimum atomic E-state index is -0.671. The first-order valence-corrected chi connectivity index (χ1v) is 7.85. The molecule has 0 bridgehead atoms. The van der Waals surface area contributed by atoms with Crippen LogP contribution in [0.5, 0.6) is 5.75 Å². The number of methoxy groups -OCH3 is 1. The van der Waals surface area contributed by atoms with Gasteiger partial charge < -0.3 is 15.7 Å². The van der Waals surface area contributed by atoms with Gasteiger partial charge in [-0.1, -0.05) is 11.2 Å². The largest absolute Gasteiger partial charge is 0.496 e. The monoisotopic (exact) mass is 297 g/mol. The van der Waals surface area contributed by atoms with E-state index in [-0.39, 0.29) is 5.84 Å². The van der Waals surface area contributed by atoms with Crippen molar-refractivity contribution in [2.45, 2.75) is 6.54 Å². The Kier molecular flexibility index (Phi) is 4.97. The molecule has 0 radical (unpaired) electrons. The van der Waals surface area contributed by atoms with E-state index in [2.05, 4.69) is 10.1 Å². The summed E-state index contributed by atoms with van der Waals surface area (Å²) in [7, 11) is 0.874. The van der Waals surface area contributed by atoms with Gasteiger partial charge in [-0.3, -0.25) is 9.11 Å². The Morgan fingerprint density at radius 1 is 1.50 bits per heavy atom. The van der Waals surface area contributed by atoms with Gasteiger partial charge in [0.1, 0.15) is 5.75 Å². The van der Waals surface area contributed by atoms with Gasteiger partial charge in [0, 0.05) is 41.9 Å². The van der Waals surface area contributed by atoms with Gasteiger partial charge in [-0.25, -0.2) is 0 Å². The molecular formula is C13H19N3O3S. The van der Waals surface area contributed by atoms with Crippen LogP contribution in [0.15, 0.2) is 23.4 Å². The van der Waals surface area contributed by atoms with E-state index in [9.17, 15) is 4.21 Å². The van der Waals surface area contributed by atoms with E-state index in [1.165, 1.54) is 0 Å². The zero-order valence-electron chi connectivity index (χ0n) is 11.4. The highest BCUT2D eigenvalue weighted by molar-refractivity contribution is 7.85. The van der Waals surface area contributed by atoms with Gasteiger partial charge in [0.05, 0.1) is 12.7 Å².